The first-order valence-electron chi connectivity index (χ1n) is 8.81. The molecule has 6 nitrogen and oxygen atoms in total. The highest BCUT2D eigenvalue weighted by molar-refractivity contribution is 5.99. The van der Waals surface area contributed by atoms with Crippen molar-refractivity contribution in [3.05, 3.63) is 18.3 Å². The molecule has 0 bridgehead atoms. The lowest BCUT2D eigenvalue weighted by atomic mass is 9.54. The average Bonchev–Trinajstić information content (AvgIpc) is 3.09. The zero-order chi connectivity index (χ0) is 17.4. The lowest BCUT2D eigenvalue weighted by Gasteiger charge is -2.57. The Morgan fingerprint density at radius 3 is 2.67 bits per heavy atom. The van der Waals surface area contributed by atoms with E-state index in [-0.39, 0.29) is 12.0 Å². The van der Waals surface area contributed by atoms with E-state index < -0.39 is 11.0 Å². The molecule has 2 atom stereocenters. The van der Waals surface area contributed by atoms with Gasteiger partial charge in [0.2, 0.25) is 5.91 Å². The van der Waals surface area contributed by atoms with Crippen molar-refractivity contribution >= 4 is 17.4 Å². The Bertz CT molecular complexity index is 596. The van der Waals surface area contributed by atoms with E-state index in [1.807, 2.05) is 32.9 Å². The third-order valence-corrected chi connectivity index (χ3v) is 5.67. The predicted octanol–water partition coefficient (Wildman–Crippen LogP) is 2.15. The monoisotopic (exact) mass is 332 g/mol. The van der Waals surface area contributed by atoms with Gasteiger partial charge in [-0.2, -0.15) is 0 Å². The van der Waals surface area contributed by atoms with Crippen LogP contribution in [0.25, 0.3) is 0 Å². The number of pyridine rings is 1. The van der Waals surface area contributed by atoms with E-state index >= 15 is 0 Å². The number of hydrogen-bond acceptors (Lipinski definition) is 5. The van der Waals surface area contributed by atoms with Crippen LogP contribution in [-0.4, -0.2) is 42.2 Å². The van der Waals surface area contributed by atoms with Crippen molar-refractivity contribution in [3.8, 4) is 0 Å². The Hall–Kier alpha value is -1.66. The Balaban J connectivity index is 1.64. The lowest BCUT2D eigenvalue weighted by molar-refractivity contribution is -0.166. The van der Waals surface area contributed by atoms with E-state index in [0.717, 1.165) is 18.9 Å². The fraction of sp³-hybridized carbons (Fsp3) is 0.667. The third kappa shape index (κ3) is 2.78. The van der Waals surface area contributed by atoms with Gasteiger partial charge in [-0.25, -0.2) is 4.98 Å². The number of carbonyl (C=O) groups excluding carboxylic acids is 1. The summed E-state index contributed by atoms with van der Waals surface area (Å²) in [6, 6.07) is 3.85. The molecule has 0 spiro atoms. The molecule has 132 valence electrons. The molecule has 0 radical (unpaired) electrons. The van der Waals surface area contributed by atoms with Crippen LogP contribution in [0.3, 0.4) is 0 Å². The van der Waals surface area contributed by atoms with Gasteiger partial charge in [-0.3, -0.25) is 4.79 Å². The van der Waals surface area contributed by atoms with Crippen LogP contribution in [-0.2, 0) is 9.53 Å². The minimum absolute atomic E-state index is 0.0221. The molecule has 2 unspecified atom stereocenters. The summed E-state index contributed by atoms with van der Waals surface area (Å²) in [7, 11) is 0. The first kappa shape index (κ1) is 17.2. The average molecular weight is 332 g/mol. The highest BCUT2D eigenvalue weighted by Crippen LogP contribution is 2.50. The Morgan fingerprint density at radius 2 is 2.12 bits per heavy atom. The van der Waals surface area contributed by atoms with Gasteiger partial charge in [-0.05, 0) is 31.9 Å². The molecule has 1 saturated heterocycles. The molecule has 1 amide bonds. The molecule has 6 heteroatoms. The number of nitrogens with one attached hydrogen (secondary N) is 1. The van der Waals surface area contributed by atoms with Crippen molar-refractivity contribution in [1.82, 2.24) is 4.98 Å². The Kier molecular flexibility index (Phi) is 4.53. The molecule has 2 aliphatic rings. The summed E-state index contributed by atoms with van der Waals surface area (Å²) in [6.07, 6.45) is 4.70. The van der Waals surface area contributed by atoms with E-state index in [2.05, 4.69) is 15.2 Å². The number of nitrogens with two attached hydrogens (primary N) is 1. The second-order valence-electron chi connectivity index (χ2n) is 7.39. The summed E-state index contributed by atoms with van der Waals surface area (Å²) < 4.78 is 5.68. The first-order valence-corrected chi connectivity index (χ1v) is 8.81. The van der Waals surface area contributed by atoms with Gasteiger partial charge in [-0.15, -0.1) is 0 Å². The highest BCUT2D eigenvalue weighted by Gasteiger charge is 2.62. The van der Waals surface area contributed by atoms with Crippen molar-refractivity contribution in [3.63, 3.8) is 0 Å². The molecule has 0 aromatic carbocycles. The van der Waals surface area contributed by atoms with Gasteiger partial charge in [0.15, 0.2) is 0 Å². The van der Waals surface area contributed by atoms with Crippen LogP contribution in [0.1, 0.15) is 40.0 Å². The molecule has 2 fully saturated rings. The standard InChI is InChI=1S/C18H28N4O2/c1-4-24-14-11-18(19,17(14,2)3)16(23)21-13-7-8-15(20-12-13)22-9-5-6-10-22/h7-8,12,14H,4-6,9-11,19H2,1-3H3,(H,21,23). The van der Waals surface area contributed by atoms with Crippen LogP contribution in [0.4, 0.5) is 11.5 Å². The van der Waals surface area contributed by atoms with Crippen molar-refractivity contribution in [1.29, 1.82) is 0 Å². The molecule has 1 saturated carbocycles. The first-order chi connectivity index (χ1) is 11.4. The molecular weight excluding hydrogens is 304 g/mol. The van der Waals surface area contributed by atoms with Crippen molar-refractivity contribution in [2.45, 2.75) is 51.7 Å². The summed E-state index contributed by atoms with van der Waals surface area (Å²) in [5.41, 5.74) is 5.78. The van der Waals surface area contributed by atoms with Crippen molar-refractivity contribution in [2.75, 3.05) is 29.9 Å². The van der Waals surface area contributed by atoms with E-state index in [0.29, 0.717) is 18.7 Å². The van der Waals surface area contributed by atoms with Crippen molar-refractivity contribution < 1.29 is 9.53 Å². The summed E-state index contributed by atoms with van der Waals surface area (Å²) in [4.78, 5) is 19.4. The van der Waals surface area contributed by atoms with E-state index in [1.54, 1.807) is 6.20 Å². The minimum Gasteiger partial charge on any atom is -0.378 e. The maximum Gasteiger partial charge on any atom is 0.245 e. The number of amides is 1. The summed E-state index contributed by atoms with van der Waals surface area (Å²) in [5.74, 6) is 0.799. The van der Waals surface area contributed by atoms with Gasteiger partial charge in [0, 0.05) is 31.5 Å². The molecular formula is C18H28N4O2. The van der Waals surface area contributed by atoms with Gasteiger partial charge in [0.25, 0.3) is 0 Å². The maximum atomic E-state index is 12.7. The normalized spacial score (nSPS) is 28.5. The number of ether oxygens (including phenoxy) is 1. The lowest BCUT2D eigenvalue weighted by Crippen LogP contribution is -2.74. The fourth-order valence-corrected chi connectivity index (χ4v) is 3.66. The molecule has 1 aliphatic carbocycles. The van der Waals surface area contributed by atoms with Crippen LogP contribution in [0, 0.1) is 5.41 Å². The zero-order valence-electron chi connectivity index (χ0n) is 14.8. The van der Waals surface area contributed by atoms with Crippen LogP contribution in [0.5, 0.6) is 0 Å². The number of nitrogens with zero attached hydrogens (tertiary/aromatic N) is 2. The molecule has 1 aromatic rings. The van der Waals surface area contributed by atoms with Crippen molar-refractivity contribution in [2.24, 2.45) is 11.1 Å². The topological polar surface area (TPSA) is 80.5 Å². The second kappa shape index (κ2) is 6.33. The molecule has 1 aliphatic heterocycles. The van der Waals surface area contributed by atoms with Crippen LogP contribution >= 0.6 is 0 Å². The number of carbonyl (C=O) groups is 1. The van der Waals surface area contributed by atoms with Gasteiger partial charge < -0.3 is 20.7 Å². The summed E-state index contributed by atoms with van der Waals surface area (Å²) in [6.45, 7) is 8.68. The fourth-order valence-electron chi connectivity index (χ4n) is 3.66. The molecule has 3 rings (SSSR count). The van der Waals surface area contributed by atoms with Gasteiger partial charge in [0.05, 0.1) is 18.0 Å². The molecule has 2 heterocycles. The van der Waals surface area contributed by atoms with Crippen LogP contribution in [0.15, 0.2) is 18.3 Å². The SMILES string of the molecule is CCOC1CC(N)(C(=O)Nc2ccc(N3CCCC3)nc2)C1(C)C. The van der Waals surface area contributed by atoms with Crippen LogP contribution in [0.2, 0.25) is 0 Å². The Morgan fingerprint density at radius 1 is 1.42 bits per heavy atom. The predicted molar refractivity (Wildman–Crippen MR) is 95.0 cm³/mol. The number of anilines is 2. The highest BCUT2D eigenvalue weighted by atomic mass is 16.5. The van der Waals surface area contributed by atoms with E-state index in [4.69, 9.17) is 10.5 Å². The third-order valence-electron chi connectivity index (χ3n) is 5.67. The van der Waals surface area contributed by atoms with Gasteiger partial charge >= 0.3 is 0 Å². The quantitative estimate of drug-likeness (QED) is 0.863. The zero-order valence-corrected chi connectivity index (χ0v) is 14.8. The number of aromatic nitrogens is 1. The largest absolute Gasteiger partial charge is 0.378 e. The van der Waals surface area contributed by atoms with Gasteiger partial charge in [0.1, 0.15) is 11.4 Å². The second-order valence-corrected chi connectivity index (χ2v) is 7.39. The maximum absolute atomic E-state index is 12.7. The summed E-state index contributed by atoms with van der Waals surface area (Å²) >= 11 is 0. The van der Waals surface area contributed by atoms with E-state index in [9.17, 15) is 4.79 Å². The smallest absolute Gasteiger partial charge is 0.245 e. The molecule has 3 N–H and O–H groups in total. The number of rotatable bonds is 5. The Labute approximate surface area is 143 Å². The minimum atomic E-state index is -0.916. The number of hydrogen-bond donors (Lipinski definition) is 2. The van der Waals surface area contributed by atoms with E-state index in [1.165, 1.54) is 12.8 Å². The van der Waals surface area contributed by atoms with Crippen LogP contribution < -0.4 is 16.0 Å². The van der Waals surface area contributed by atoms with Gasteiger partial charge in [-0.1, -0.05) is 13.8 Å². The summed E-state index contributed by atoms with van der Waals surface area (Å²) in [5, 5.41) is 2.92. The molecule has 1 aromatic heterocycles. The molecule has 24 heavy (non-hydrogen) atoms.